The number of rotatable bonds is 4. The number of amides is 1. The Kier molecular flexibility index (Phi) is 4.81. The van der Waals surface area contributed by atoms with Crippen molar-refractivity contribution in [2.45, 2.75) is 52.6 Å². The quantitative estimate of drug-likeness (QED) is 0.792. The van der Waals surface area contributed by atoms with Crippen LogP contribution in [0.1, 0.15) is 45.7 Å². The molecular weight excluding hydrogens is 252 g/mol. The third kappa shape index (κ3) is 3.73. The largest absolute Gasteiger partial charge is 0.465 e. The van der Waals surface area contributed by atoms with Gasteiger partial charge >= 0.3 is 6.09 Å². The molecule has 1 amide bonds. The van der Waals surface area contributed by atoms with Crippen LogP contribution in [0.25, 0.3) is 0 Å². The lowest BCUT2D eigenvalue weighted by molar-refractivity contribution is 0.130. The summed E-state index contributed by atoms with van der Waals surface area (Å²) in [7, 11) is 0. The van der Waals surface area contributed by atoms with Crippen molar-refractivity contribution in [1.29, 1.82) is 0 Å². The highest BCUT2D eigenvalue weighted by molar-refractivity contribution is 5.66. The minimum absolute atomic E-state index is 0.0820. The number of carbonyl (C=O) groups is 1. The molecule has 0 saturated heterocycles. The Balaban J connectivity index is 3.24. The molecule has 1 rings (SSSR count). The molecule has 112 valence electrons. The lowest BCUT2D eigenvalue weighted by Gasteiger charge is -2.42. The molecule has 0 fully saturated rings. The molecular formula is C16H26N2O2. The Bertz CT molecular complexity index is 478. The fourth-order valence-corrected chi connectivity index (χ4v) is 2.29. The first-order valence-electron chi connectivity index (χ1n) is 6.92. The second-order valence-corrected chi connectivity index (χ2v) is 6.69. The third-order valence-corrected chi connectivity index (χ3v) is 3.92. The normalized spacial score (nSPS) is 16.3. The highest BCUT2D eigenvalue weighted by atomic mass is 16.4. The van der Waals surface area contributed by atoms with Gasteiger partial charge in [-0.3, -0.25) is 0 Å². The van der Waals surface area contributed by atoms with Gasteiger partial charge in [-0.25, -0.2) is 4.79 Å². The number of hydrogen-bond donors (Lipinski definition) is 3. The molecule has 0 aliphatic carbocycles. The molecule has 0 bridgehead atoms. The van der Waals surface area contributed by atoms with Gasteiger partial charge in [-0.05, 0) is 36.8 Å². The highest BCUT2D eigenvalue weighted by Crippen LogP contribution is 2.39. The first-order chi connectivity index (χ1) is 9.06. The van der Waals surface area contributed by atoms with Gasteiger partial charge in [-0.2, -0.15) is 0 Å². The van der Waals surface area contributed by atoms with E-state index in [0.717, 1.165) is 17.5 Å². The Hall–Kier alpha value is -1.55. The fourth-order valence-electron chi connectivity index (χ4n) is 2.29. The zero-order valence-corrected chi connectivity index (χ0v) is 13.0. The molecule has 4 N–H and O–H groups in total. The van der Waals surface area contributed by atoms with Crippen LogP contribution in [0.5, 0.6) is 0 Å². The summed E-state index contributed by atoms with van der Waals surface area (Å²) in [5.41, 5.74) is 7.02. The maximum Gasteiger partial charge on any atom is 0.405 e. The molecule has 0 heterocycles. The first kappa shape index (κ1) is 16.5. The summed E-state index contributed by atoms with van der Waals surface area (Å²) in [6, 6.07) is 8.08. The summed E-state index contributed by atoms with van der Waals surface area (Å²) in [6.07, 6.45) is -0.235. The first-order valence-corrected chi connectivity index (χ1v) is 6.92. The van der Waals surface area contributed by atoms with Gasteiger partial charge in [-0.1, -0.05) is 45.0 Å². The molecule has 2 unspecified atom stereocenters. The van der Waals surface area contributed by atoms with Crippen LogP contribution in [0.3, 0.4) is 0 Å². The van der Waals surface area contributed by atoms with Gasteiger partial charge in [0.15, 0.2) is 0 Å². The topological polar surface area (TPSA) is 75.3 Å². The molecule has 1 aromatic rings. The van der Waals surface area contributed by atoms with Crippen molar-refractivity contribution in [2.75, 3.05) is 0 Å². The van der Waals surface area contributed by atoms with E-state index in [9.17, 15) is 4.79 Å². The van der Waals surface area contributed by atoms with E-state index >= 15 is 0 Å². The summed E-state index contributed by atoms with van der Waals surface area (Å²) in [6.45, 7) is 9.97. The molecule has 0 spiro atoms. The second-order valence-electron chi connectivity index (χ2n) is 6.69. The number of nitrogens with two attached hydrogens (primary N) is 1. The van der Waals surface area contributed by atoms with Crippen molar-refractivity contribution in [3.05, 3.63) is 35.4 Å². The number of benzene rings is 1. The minimum atomic E-state index is -1.01. The van der Waals surface area contributed by atoms with E-state index in [1.54, 1.807) is 0 Å². The van der Waals surface area contributed by atoms with E-state index in [4.69, 9.17) is 10.8 Å². The van der Waals surface area contributed by atoms with Gasteiger partial charge in [0.1, 0.15) is 0 Å². The maximum absolute atomic E-state index is 11.2. The van der Waals surface area contributed by atoms with Gasteiger partial charge in [-0.15, -0.1) is 0 Å². The van der Waals surface area contributed by atoms with E-state index < -0.39 is 11.6 Å². The SMILES string of the molecule is CC(N)Cc1cccc(C(C)(NC(=O)O)C(C)(C)C)c1. The lowest BCUT2D eigenvalue weighted by Crippen LogP contribution is -2.51. The third-order valence-electron chi connectivity index (χ3n) is 3.92. The zero-order chi connectivity index (χ0) is 15.6. The van der Waals surface area contributed by atoms with Gasteiger partial charge in [0.25, 0.3) is 0 Å². The molecule has 1 aromatic carbocycles. The van der Waals surface area contributed by atoms with Gasteiger partial charge < -0.3 is 16.2 Å². The zero-order valence-electron chi connectivity index (χ0n) is 13.0. The average molecular weight is 278 g/mol. The Morgan fingerprint density at radius 1 is 1.35 bits per heavy atom. The second kappa shape index (κ2) is 5.83. The van der Waals surface area contributed by atoms with Crippen molar-refractivity contribution in [3.8, 4) is 0 Å². The molecule has 4 nitrogen and oxygen atoms in total. The molecule has 0 aromatic heterocycles. The molecule has 4 heteroatoms. The number of nitrogens with one attached hydrogen (secondary N) is 1. The molecule has 2 atom stereocenters. The number of hydrogen-bond acceptors (Lipinski definition) is 2. The monoisotopic (exact) mass is 278 g/mol. The summed E-state index contributed by atoms with van der Waals surface area (Å²) in [5, 5.41) is 11.8. The van der Waals surface area contributed by atoms with Crippen molar-refractivity contribution in [3.63, 3.8) is 0 Å². The van der Waals surface area contributed by atoms with Crippen LogP contribution in [0, 0.1) is 5.41 Å². The molecule has 20 heavy (non-hydrogen) atoms. The van der Waals surface area contributed by atoms with Gasteiger partial charge in [0, 0.05) is 6.04 Å². The number of carboxylic acid groups (broad SMARTS) is 1. The highest BCUT2D eigenvalue weighted by Gasteiger charge is 2.40. The maximum atomic E-state index is 11.2. The van der Waals surface area contributed by atoms with Crippen molar-refractivity contribution < 1.29 is 9.90 Å². The van der Waals surface area contributed by atoms with Crippen molar-refractivity contribution in [2.24, 2.45) is 11.1 Å². The van der Waals surface area contributed by atoms with Gasteiger partial charge in [0.2, 0.25) is 0 Å². The smallest absolute Gasteiger partial charge is 0.405 e. The average Bonchev–Trinajstić information content (AvgIpc) is 2.25. The summed E-state index contributed by atoms with van der Waals surface area (Å²) < 4.78 is 0. The lowest BCUT2D eigenvalue weighted by atomic mass is 9.70. The van der Waals surface area contributed by atoms with Crippen LogP contribution >= 0.6 is 0 Å². The van der Waals surface area contributed by atoms with Crippen LogP contribution < -0.4 is 11.1 Å². The van der Waals surface area contributed by atoms with Crippen LogP contribution in [-0.4, -0.2) is 17.2 Å². The van der Waals surface area contributed by atoms with Crippen molar-refractivity contribution in [1.82, 2.24) is 5.32 Å². The van der Waals surface area contributed by atoms with E-state index in [2.05, 4.69) is 5.32 Å². The van der Waals surface area contributed by atoms with E-state index in [0.29, 0.717) is 0 Å². The summed E-state index contributed by atoms with van der Waals surface area (Å²) in [4.78, 5) is 11.2. The molecule has 0 aliphatic rings. The van der Waals surface area contributed by atoms with E-state index in [1.807, 2.05) is 58.9 Å². The van der Waals surface area contributed by atoms with Crippen LogP contribution in [0.15, 0.2) is 24.3 Å². The van der Waals surface area contributed by atoms with E-state index in [1.165, 1.54) is 0 Å². The van der Waals surface area contributed by atoms with Crippen LogP contribution in [0.4, 0.5) is 4.79 Å². The van der Waals surface area contributed by atoms with Crippen LogP contribution in [-0.2, 0) is 12.0 Å². The molecule has 0 saturated carbocycles. The predicted molar refractivity (Wildman–Crippen MR) is 81.8 cm³/mol. The minimum Gasteiger partial charge on any atom is -0.465 e. The Morgan fingerprint density at radius 2 is 1.95 bits per heavy atom. The molecule has 0 aliphatic heterocycles. The standard InChI is InChI=1S/C16H26N2O2/c1-11(17)9-12-7-6-8-13(10-12)16(5,15(2,3)4)18-14(19)20/h6-8,10-11,18H,9,17H2,1-5H3,(H,19,20). The Labute approximate surface area is 121 Å². The van der Waals surface area contributed by atoms with E-state index in [-0.39, 0.29) is 11.5 Å². The predicted octanol–water partition coefficient (Wildman–Crippen LogP) is 3.11. The van der Waals surface area contributed by atoms with Gasteiger partial charge in [0.05, 0.1) is 5.54 Å². The summed E-state index contributed by atoms with van der Waals surface area (Å²) in [5.74, 6) is 0. The Morgan fingerprint density at radius 3 is 2.40 bits per heavy atom. The molecule has 0 radical (unpaired) electrons. The summed E-state index contributed by atoms with van der Waals surface area (Å²) >= 11 is 0. The fraction of sp³-hybridized carbons (Fsp3) is 0.562. The van der Waals surface area contributed by atoms with Crippen molar-refractivity contribution >= 4 is 6.09 Å². The van der Waals surface area contributed by atoms with Crippen LogP contribution in [0.2, 0.25) is 0 Å².